The average Bonchev–Trinajstić information content (AvgIpc) is 3.05. The molecule has 1 amide bonds. The molecule has 2 N–H and O–H groups in total. The van der Waals surface area contributed by atoms with Crippen LogP contribution in [0.4, 0.5) is 0 Å². The molecule has 1 saturated heterocycles. The Hall–Kier alpha value is -2.89. The lowest BCUT2D eigenvalue weighted by Gasteiger charge is -2.31. The zero-order valence-electron chi connectivity index (χ0n) is 14.1. The van der Waals surface area contributed by atoms with E-state index in [1.54, 1.807) is 24.0 Å². The fraction of sp³-hybridized carbons (Fsp3) is 0.316. The van der Waals surface area contributed by atoms with Crippen molar-refractivity contribution in [3.05, 3.63) is 63.8 Å². The molecule has 0 bridgehead atoms. The number of aryl methyl sites for hydroxylation is 1. The highest BCUT2D eigenvalue weighted by molar-refractivity contribution is 5.94. The summed E-state index contributed by atoms with van der Waals surface area (Å²) in [6.07, 6.45) is 1.88. The number of carbonyl (C=O) groups excluding carboxylic acids is 1. The molecule has 128 valence electrons. The van der Waals surface area contributed by atoms with Crippen LogP contribution in [0.5, 0.6) is 0 Å². The molecule has 0 spiro atoms. The summed E-state index contributed by atoms with van der Waals surface area (Å²) in [5.74, 6) is 0.869. The molecule has 0 saturated carbocycles. The van der Waals surface area contributed by atoms with Crippen molar-refractivity contribution in [1.29, 1.82) is 0 Å². The summed E-state index contributed by atoms with van der Waals surface area (Å²) < 4.78 is 0. The largest absolute Gasteiger partial charge is 0.342 e. The van der Waals surface area contributed by atoms with Crippen molar-refractivity contribution in [3.63, 3.8) is 0 Å². The molecule has 0 radical (unpaired) electrons. The number of benzene rings is 1. The van der Waals surface area contributed by atoms with Crippen LogP contribution in [0.1, 0.15) is 40.6 Å². The van der Waals surface area contributed by atoms with Gasteiger partial charge >= 0.3 is 0 Å². The maximum atomic E-state index is 12.8. The van der Waals surface area contributed by atoms with E-state index in [0.29, 0.717) is 13.1 Å². The first kappa shape index (κ1) is 15.6. The number of hydrogen-bond acceptors (Lipinski definition) is 3. The molecule has 3 heterocycles. The van der Waals surface area contributed by atoms with Crippen LogP contribution >= 0.6 is 0 Å². The summed E-state index contributed by atoms with van der Waals surface area (Å²) in [5.41, 5.74) is 2.58. The van der Waals surface area contributed by atoms with E-state index in [4.69, 9.17) is 0 Å². The monoisotopic (exact) mass is 336 g/mol. The summed E-state index contributed by atoms with van der Waals surface area (Å²) in [5, 5.41) is 0. The SMILES string of the molecule is Cc1ccc(C(=O)N2CCC[C@H](c3nc4ccccc4[nH]3)C2)c(=O)[nH]1. The number of rotatable bonds is 2. The van der Waals surface area contributed by atoms with E-state index in [-0.39, 0.29) is 22.9 Å². The molecule has 1 aromatic carbocycles. The Bertz CT molecular complexity index is 955. The van der Waals surface area contributed by atoms with Crippen molar-refractivity contribution in [2.45, 2.75) is 25.7 Å². The van der Waals surface area contributed by atoms with Crippen LogP contribution in [-0.2, 0) is 0 Å². The van der Waals surface area contributed by atoms with Gasteiger partial charge in [-0.3, -0.25) is 9.59 Å². The van der Waals surface area contributed by atoms with Gasteiger partial charge in [0, 0.05) is 24.7 Å². The maximum Gasteiger partial charge on any atom is 0.260 e. The van der Waals surface area contributed by atoms with E-state index in [2.05, 4.69) is 15.0 Å². The van der Waals surface area contributed by atoms with Crippen LogP contribution < -0.4 is 5.56 Å². The quantitative estimate of drug-likeness (QED) is 0.754. The highest BCUT2D eigenvalue weighted by Gasteiger charge is 2.28. The number of para-hydroxylation sites is 2. The number of nitrogens with zero attached hydrogens (tertiary/aromatic N) is 2. The third-order valence-electron chi connectivity index (χ3n) is 4.79. The van der Waals surface area contributed by atoms with Gasteiger partial charge in [-0.05, 0) is 44.0 Å². The number of fused-ring (bicyclic) bond motifs is 1. The lowest BCUT2D eigenvalue weighted by molar-refractivity contribution is 0.0703. The molecule has 6 nitrogen and oxygen atoms in total. The van der Waals surface area contributed by atoms with Crippen LogP contribution in [0.2, 0.25) is 0 Å². The first-order chi connectivity index (χ1) is 12.1. The molecule has 1 aliphatic rings. The minimum absolute atomic E-state index is 0.162. The minimum atomic E-state index is -0.323. The number of nitrogens with one attached hydrogen (secondary N) is 2. The van der Waals surface area contributed by atoms with Gasteiger partial charge in [0.2, 0.25) is 0 Å². The fourth-order valence-corrected chi connectivity index (χ4v) is 3.46. The van der Waals surface area contributed by atoms with Gasteiger partial charge < -0.3 is 14.9 Å². The van der Waals surface area contributed by atoms with E-state index < -0.39 is 0 Å². The molecular weight excluding hydrogens is 316 g/mol. The maximum absolute atomic E-state index is 12.8. The highest BCUT2D eigenvalue weighted by Crippen LogP contribution is 2.27. The van der Waals surface area contributed by atoms with E-state index in [0.717, 1.165) is 35.4 Å². The fourth-order valence-electron chi connectivity index (χ4n) is 3.46. The Morgan fingerprint density at radius 1 is 1.20 bits per heavy atom. The van der Waals surface area contributed by atoms with Crippen molar-refractivity contribution in [1.82, 2.24) is 19.9 Å². The van der Waals surface area contributed by atoms with Gasteiger partial charge in [0.1, 0.15) is 11.4 Å². The minimum Gasteiger partial charge on any atom is -0.342 e. The van der Waals surface area contributed by atoms with Crippen LogP contribution in [0.3, 0.4) is 0 Å². The Morgan fingerprint density at radius 3 is 2.84 bits per heavy atom. The van der Waals surface area contributed by atoms with Crippen molar-refractivity contribution in [3.8, 4) is 0 Å². The molecule has 25 heavy (non-hydrogen) atoms. The van der Waals surface area contributed by atoms with Crippen molar-refractivity contribution < 1.29 is 4.79 Å². The number of imidazole rings is 1. The van der Waals surface area contributed by atoms with Crippen LogP contribution in [0.25, 0.3) is 11.0 Å². The summed E-state index contributed by atoms with van der Waals surface area (Å²) in [7, 11) is 0. The predicted molar refractivity (Wildman–Crippen MR) is 95.8 cm³/mol. The van der Waals surface area contributed by atoms with Gasteiger partial charge in [0.15, 0.2) is 0 Å². The van der Waals surface area contributed by atoms with Gasteiger partial charge in [0.25, 0.3) is 11.5 Å². The number of carbonyl (C=O) groups is 1. The van der Waals surface area contributed by atoms with Crippen LogP contribution in [-0.4, -0.2) is 38.8 Å². The molecule has 1 aliphatic heterocycles. The second-order valence-corrected chi connectivity index (χ2v) is 6.61. The van der Waals surface area contributed by atoms with Crippen molar-refractivity contribution in [2.75, 3.05) is 13.1 Å². The lowest BCUT2D eigenvalue weighted by atomic mass is 9.97. The van der Waals surface area contributed by atoms with E-state index in [9.17, 15) is 9.59 Å². The zero-order chi connectivity index (χ0) is 17.4. The van der Waals surface area contributed by atoms with Crippen LogP contribution in [0.15, 0.2) is 41.2 Å². The average molecular weight is 336 g/mol. The number of piperidine rings is 1. The third-order valence-corrected chi connectivity index (χ3v) is 4.79. The van der Waals surface area contributed by atoms with Gasteiger partial charge in [-0.15, -0.1) is 0 Å². The third kappa shape index (κ3) is 2.95. The van der Waals surface area contributed by atoms with Crippen molar-refractivity contribution in [2.24, 2.45) is 0 Å². The van der Waals surface area contributed by atoms with E-state index >= 15 is 0 Å². The summed E-state index contributed by atoms with van der Waals surface area (Å²) in [6, 6.07) is 11.3. The van der Waals surface area contributed by atoms with Gasteiger partial charge in [-0.1, -0.05) is 12.1 Å². The molecule has 2 aromatic heterocycles. The topological polar surface area (TPSA) is 81.8 Å². The molecule has 0 unspecified atom stereocenters. The Morgan fingerprint density at radius 2 is 2.04 bits per heavy atom. The second-order valence-electron chi connectivity index (χ2n) is 6.61. The summed E-state index contributed by atoms with van der Waals surface area (Å²) in [6.45, 7) is 3.04. The molecular formula is C19H20N4O2. The number of likely N-dealkylation sites (tertiary alicyclic amines) is 1. The number of aromatic amines is 2. The van der Waals surface area contributed by atoms with Crippen LogP contribution in [0, 0.1) is 6.92 Å². The normalized spacial score (nSPS) is 17.8. The molecule has 0 aliphatic carbocycles. The Kier molecular flexibility index (Phi) is 3.87. The molecule has 6 heteroatoms. The van der Waals surface area contributed by atoms with Crippen molar-refractivity contribution >= 4 is 16.9 Å². The number of amides is 1. The van der Waals surface area contributed by atoms with Gasteiger partial charge in [-0.25, -0.2) is 4.98 Å². The first-order valence-corrected chi connectivity index (χ1v) is 8.55. The Labute approximate surface area is 144 Å². The predicted octanol–water partition coefficient (Wildman–Crippen LogP) is 2.58. The smallest absolute Gasteiger partial charge is 0.260 e. The zero-order valence-corrected chi connectivity index (χ0v) is 14.1. The highest BCUT2D eigenvalue weighted by atomic mass is 16.2. The first-order valence-electron chi connectivity index (χ1n) is 8.55. The van der Waals surface area contributed by atoms with Gasteiger partial charge in [0.05, 0.1) is 11.0 Å². The number of H-pyrrole nitrogens is 2. The molecule has 1 fully saturated rings. The van der Waals surface area contributed by atoms with E-state index in [1.807, 2.05) is 24.3 Å². The number of hydrogen-bond donors (Lipinski definition) is 2. The molecule has 4 rings (SSSR count). The standard InChI is InChI=1S/C19H20N4O2/c1-12-8-9-14(18(24)20-12)19(25)23-10-4-5-13(11-23)17-21-15-6-2-3-7-16(15)22-17/h2-3,6-9,13H,4-5,10-11H2,1H3,(H,20,24)(H,21,22)/t13-/m0/s1. The lowest BCUT2D eigenvalue weighted by Crippen LogP contribution is -2.41. The van der Waals surface area contributed by atoms with Gasteiger partial charge in [-0.2, -0.15) is 0 Å². The Balaban J connectivity index is 1.58. The van der Waals surface area contributed by atoms with E-state index in [1.165, 1.54) is 0 Å². The summed E-state index contributed by atoms with van der Waals surface area (Å²) in [4.78, 5) is 37.3. The number of aromatic nitrogens is 3. The summed E-state index contributed by atoms with van der Waals surface area (Å²) >= 11 is 0. The molecule has 1 atom stereocenters. The second kappa shape index (κ2) is 6.20. The molecule has 3 aromatic rings. The number of pyridine rings is 1.